The van der Waals surface area contributed by atoms with Gasteiger partial charge in [-0.25, -0.2) is 0 Å². The van der Waals surface area contributed by atoms with E-state index >= 15 is 0 Å². The molecule has 0 fully saturated rings. The summed E-state index contributed by atoms with van der Waals surface area (Å²) in [5, 5.41) is 2.89. The highest BCUT2D eigenvalue weighted by atomic mass is 79.9. The molecule has 7 heteroatoms. The predicted molar refractivity (Wildman–Crippen MR) is 122 cm³/mol. The largest absolute Gasteiger partial charge is 0.366 e. The van der Waals surface area contributed by atoms with E-state index in [1.54, 1.807) is 42.7 Å². The summed E-state index contributed by atoms with van der Waals surface area (Å²) < 4.78 is 1.98. The fourth-order valence-electron chi connectivity index (χ4n) is 2.19. The number of amides is 2. The molecule has 29 heavy (non-hydrogen) atoms. The van der Waals surface area contributed by atoms with Crippen molar-refractivity contribution in [2.24, 2.45) is 5.73 Å². The number of hydrogen-bond donors (Lipinski definition) is 2. The fraction of sp³-hybridized carbons (Fsp3) is 0.0455. The number of benzene rings is 2. The smallest absolute Gasteiger partial charge is 0.251 e. The third-order valence-corrected chi connectivity index (χ3v) is 4.87. The quantitative estimate of drug-likeness (QED) is 0.481. The molecule has 0 bridgehead atoms. The van der Waals surface area contributed by atoms with Crippen LogP contribution in [0.4, 0.5) is 0 Å². The number of primary amides is 1. The molecule has 3 rings (SSSR count). The lowest BCUT2D eigenvalue weighted by molar-refractivity contribution is -0.113. The van der Waals surface area contributed by atoms with Gasteiger partial charge < -0.3 is 11.1 Å². The van der Waals surface area contributed by atoms with Crippen LogP contribution in [0.1, 0.15) is 21.5 Å². The molecule has 0 radical (unpaired) electrons. The van der Waals surface area contributed by atoms with Gasteiger partial charge in [0.1, 0.15) is 0 Å². The molecular weight excluding hydrogens is 498 g/mol. The first kappa shape index (κ1) is 22.5. The van der Waals surface area contributed by atoms with E-state index in [2.05, 4.69) is 42.2 Å². The Hall–Kier alpha value is -2.77. The van der Waals surface area contributed by atoms with Crippen molar-refractivity contribution >= 4 is 49.8 Å². The van der Waals surface area contributed by atoms with Gasteiger partial charge in [0.15, 0.2) is 0 Å². The minimum absolute atomic E-state index is 0.0644. The molecule has 5 nitrogen and oxygen atoms in total. The summed E-state index contributed by atoms with van der Waals surface area (Å²) in [5.41, 5.74) is 7.53. The van der Waals surface area contributed by atoms with Crippen LogP contribution in [0.15, 0.2) is 88.1 Å². The van der Waals surface area contributed by atoms with Crippen molar-refractivity contribution in [2.45, 2.75) is 6.54 Å². The third-order valence-electron chi connectivity index (χ3n) is 3.64. The van der Waals surface area contributed by atoms with Crippen LogP contribution < -0.4 is 11.1 Å². The van der Waals surface area contributed by atoms with Crippen LogP contribution >= 0.6 is 31.9 Å². The van der Waals surface area contributed by atoms with Crippen LogP contribution in [0.25, 0.3) is 6.08 Å². The summed E-state index contributed by atoms with van der Waals surface area (Å²) >= 11 is 6.87. The number of halogens is 2. The normalized spacial score (nSPS) is 10.1. The zero-order valence-electron chi connectivity index (χ0n) is 15.4. The Bertz CT molecular complexity index is 978. The predicted octanol–water partition coefficient (Wildman–Crippen LogP) is 4.72. The number of hydrogen-bond acceptors (Lipinski definition) is 3. The summed E-state index contributed by atoms with van der Waals surface area (Å²) in [6.07, 6.45) is 6.26. The zero-order valence-corrected chi connectivity index (χ0v) is 18.6. The topological polar surface area (TPSA) is 85.1 Å². The van der Waals surface area contributed by atoms with Crippen molar-refractivity contribution in [1.29, 1.82) is 0 Å². The number of pyridine rings is 1. The molecule has 0 spiro atoms. The van der Waals surface area contributed by atoms with Crippen molar-refractivity contribution in [3.8, 4) is 0 Å². The highest BCUT2D eigenvalue weighted by Crippen LogP contribution is 2.21. The van der Waals surface area contributed by atoms with Gasteiger partial charge in [0, 0.05) is 39.5 Å². The maximum Gasteiger partial charge on any atom is 0.251 e. The van der Waals surface area contributed by atoms with E-state index < -0.39 is 5.91 Å². The van der Waals surface area contributed by atoms with Gasteiger partial charge in [-0.3, -0.25) is 14.6 Å². The molecule has 3 aromatic rings. The molecule has 0 saturated carbocycles. The van der Waals surface area contributed by atoms with Gasteiger partial charge in [-0.05, 0) is 53.6 Å². The second-order valence-corrected chi connectivity index (χ2v) is 7.57. The molecule has 148 valence electrons. The van der Waals surface area contributed by atoms with Crippen molar-refractivity contribution in [1.82, 2.24) is 10.3 Å². The SMILES string of the molecule is NC(=O)/C=C/c1ccncc1.O=C(NCc1ccc(Br)cc1Br)c1ccccc1. The summed E-state index contributed by atoms with van der Waals surface area (Å²) in [4.78, 5) is 26.0. The molecule has 0 atom stereocenters. The van der Waals surface area contributed by atoms with E-state index in [9.17, 15) is 9.59 Å². The van der Waals surface area contributed by atoms with Crippen molar-refractivity contribution in [3.05, 3.63) is 105 Å². The number of nitrogens with one attached hydrogen (secondary N) is 1. The first-order valence-corrected chi connectivity index (χ1v) is 10.2. The van der Waals surface area contributed by atoms with Crippen LogP contribution in [0.3, 0.4) is 0 Å². The summed E-state index contributed by atoms with van der Waals surface area (Å²) in [7, 11) is 0. The van der Waals surface area contributed by atoms with Gasteiger partial charge in [-0.1, -0.05) is 56.1 Å². The lowest BCUT2D eigenvalue weighted by Crippen LogP contribution is -2.22. The first-order valence-electron chi connectivity index (χ1n) is 8.60. The van der Waals surface area contributed by atoms with Crippen LogP contribution in [0.2, 0.25) is 0 Å². The van der Waals surface area contributed by atoms with E-state index in [1.807, 2.05) is 36.4 Å². The number of aromatic nitrogens is 1. The summed E-state index contributed by atoms with van der Waals surface area (Å²) in [6.45, 7) is 0.502. The van der Waals surface area contributed by atoms with Crippen LogP contribution in [0.5, 0.6) is 0 Å². The van der Waals surface area contributed by atoms with E-state index in [4.69, 9.17) is 5.73 Å². The Morgan fingerprint density at radius 1 is 1.00 bits per heavy atom. The number of nitrogens with zero attached hydrogens (tertiary/aromatic N) is 1. The minimum atomic E-state index is -0.443. The number of nitrogens with two attached hydrogens (primary N) is 1. The first-order chi connectivity index (χ1) is 14.0. The summed E-state index contributed by atoms with van der Waals surface area (Å²) in [5.74, 6) is -0.507. The zero-order chi connectivity index (χ0) is 21.1. The standard InChI is InChI=1S/C14H11Br2NO.C8H8N2O/c15-12-7-6-11(13(16)8-12)9-17-14(18)10-4-2-1-3-5-10;9-8(11)2-1-7-3-5-10-6-4-7/h1-8H,9H2,(H,17,18);1-6H,(H2,9,11)/b;2-1+. The minimum Gasteiger partial charge on any atom is -0.366 e. The Morgan fingerprint density at radius 2 is 1.69 bits per heavy atom. The van der Waals surface area contributed by atoms with Gasteiger partial charge in [0.05, 0.1) is 0 Å². The van der Waals surface area contributed by atoms with E-state index in [-0.39, 0.29) is 5.91 Å². The van der Waals surface area contributed by atoms with E-state index in [0.717, 1.165) is 20.1 Å². The second kappa shape index (κ2) is 11.9. The molecule has 0 aliphatic carbocycles. The Labute approximate surface area is 186 Å². The van der Waals surface area contributed by atoms with Crippen LogP contribution in [0, 0.1) is 0 Å². The van der Waals surface area contributed by atoms with E-state index in [0.29, 0.717) is 12.1 Å². The molecular formula is C22H19Br2N3O2. The second-order valence-electron chi connectivity index (χ2n) is 5.80. The fourth-order valence-corrected chi connectivity index (χ4v) is 3.37. The maximum absolute atomic E-state index is 11.9. The molecule has 2 aromatic carbocycles. The lowest BCUT2D eigenvalue weighted by Gasteiger charge is -2.07. The molecule has 0 aliphatic heterocycles. The average Bonchev–Trinajstić information content (AvgIpc) is 2.73. The van der Waals surface area contributed by atoms with Crippen LogP contribution in [-0.4, -0.2) is 16.8 Å². The van der Waals surface area contributed by atoms with Crippen molar-refractivity contribution in [2.75, 3.05) is 0 Å². The Kier molecular flexibility index (Phi) is 9.27. The Morgan fingerprint density at radius 3 is 2.31 bits per heavy atom. The molecule has 3 N–H and O–H groups in total. The molecule has 0 saturated heterocycles. The molecule has 1 aromatic heterocycles. The van der Waals surface area contributed by atoms with Gasteiger partial charge in [0.25, 0.3) is 5.91 Å². The highest BCUT2D eigenvalue weighted by molar-refractivity contribution is 9.11. The average molecular weight is 517 g/mol. The molecule has 2 amide bonds. The lowest BCUT2D eigenvalue weighted by atomic mass is 10.2. The van der Waals surface area contributed by atoms with E-state index in [1.165, 1.54) is 6.08 Å². The van der Waals surface area contributed by atoms with Gasteiger partial charge in [-0.15, -0.1) is 0 Å². The highest BCUT2D eigenvalue weighted by Gasteiger charge is 2.06. The molecule has 1 heterocycles. The monoisotopic (exact) mass is 515 g/mol. The maximum atomic E-state index is 11.9. The van der Waals surface area contributed by atoms with Crippen molar-refractivity contribution in [3.63, 3.8) is 0 Å². The molecule has 0 unspecified atom stereocenters. The number of carbonyl (C=O) groups is 2. The molecule has 0 aliphatic rings. The number of carbonyl (C=O) groups excluding carboxylic acids is 2. The third kappa shape index (κ3) is 8.41. The van der Waals surface area contributed by atoms with Gasteiger partial charge in [0.2, 0.25) is 5.91 Å². The van der Waals surface area contributed by atoms with Crippen molar-refractivity contribution < 1.29 is 9.59 Å². The number of rotatable bonds is 5. The van der Waals surface area contributed by atoms with Gasteiger partial charge in [-0.2, -0.15) is 0 Å². The van der Waals surface area contributed by atoms with Crippen LogP contribution in [-0.2, 0) is 11.3 Å². The summed E-state index contributed by atoms with van der Waals surface area (Å²) in [6, 6.07) is 18.7. The van der Waals surface area contributed by atoms with Gasteiger partial charge >= 0.3 is 0 Å². The Balaban J connectivity index is 0.000000234.